The van der Waals surface area contributed by atoms with E-state index in [9.17, 15) is 14.4 Å². The molecule has 5 rings (SSSR count). The van der Waals surface area contributed by atoms with Gasteiger partial charge in [0.1, 0.15) is 5.75 Å². The maximum absolute atomic E-state index is 12.6. The molecule has 0 atom stereocenters. The summed E-state index contributed by atoms with van der Waals surface area (Å²) in [6, 6.07) is 8.21. The first-order chi connectivity index (χ1) is 15.3. The number of rotatable bonds is 3. The van der Waals surface area contributed by atoms with E-state index in [1.807, 2.05) is 6.07 Å². The Morgan fingerprint density at radius 1 is 1.06 bits per heavy atom. The third kappa shape index (κ3) is 3.16. The number of nitrogen functional groups attached to an aromatic ring is 1. The molecule has 2 heterocycles. The van der Waals surface area contributed by atoms with Gasteiger partial charge in [-0.2, -0.15) is 4.68 Å². The minimum Gasteiger partial charge on any atom is -0.454 e. The lowest BCUT2D eigenvalue weighted by atomic mass is 9.80. The van der Waals surface area contributed by atoms with Crippen LogP contribution in [0.4, 0.5) is 11.5 Å². The number of hydrogen-bond donors (Lipinski definition) is 3. The quantitative estimate of drug-likeness (QED) is 0.534. The van der Waals surface area contributed by atoms with Gasteiger partial charge in [0.2, 0.25) is 11.7 Å². The highest BCUT2D eigenvalue weighted by atomic mass is 35.5. The molecule has 0 bridgehead atoms. The number of aromatic amines is 1. The van der Waals surface area contributed by atoms with E-state index in [4.69, 9.17) is 33.7 Å². The van der Waals surface area contributed by atoms with Crippen molar-refractivity contribution in [2.45, 2.75) is 31.1 Å². The molecule has 32 heavy (non-hydrogen) atoms. The standard InChI is InChI=1S/C21H17Cl2N5O4/c22-13-7-10(28-20(31)26-18(29)17(24)27-28)8-14(23)16(13)32-11-3-4-15-12(9-11)21(19(30)25-15)5-1-2-6-21/h3-4,7-9H,1-2,5-6H2,(H2,24,27)(H,25,30)(H,26,29,31). The summed E-state index contributed by atoms with van der Waals surface area (Å²) in [5.41, 5.74) is 5.33. The number of aromatic nitrogens is 3. The largest absolute Gasteiger partial charge is 0.454 e. The van der Waals surface area contributed by atoms with Crippen molar-refractivity contribution in [1.82, 2.24) is 14.8 Å². The molecule has 1 fully saturated rings. The highest BCUT2D eigenvalue weighted by molar-refractivity contribution is 6.37. The zero-order valence-corrected chi connectivity index (χ0v) is 18.1. The number of anilines is 2. The molecule has 11 heteroatoms. The monoisotopic (exact) mass is 473 g/mol. The van der Waals surface area contributed by atoms with E-state index in [-0.39, 0.29) is 33.2 Å². The van der Waals surface area contributed by atoms with E-state index in [1.54, 1.807) is 12.1 Å². The van der Waals surface area contributed by atoms with Crippen LogP contribution in [0.5, 0.6) is 11.5 Å². The summed E-state index contributed by atoms with van der Waals surface area (Å²) in [4.78, 5) is 38.2. The van der Waals surface area contributed by atoms with Crippen LogP contribution in [0.1, 0.15) is 31.2 Å². The molecule has 2 aliphatic rings. The molecule has 2 aromatic carbocycles. The maximum atomic E-state index is 12.6. The molecule has 4 N–H and O–H groups in total. The van der Waals surface area contributed by atoms with Crippen LogP contribution >= 0.6 is 23.2 Å². The Morgan fingerprint density at radius 3 is 2.44 bits per heavy atom. The summed E-state index contributed by atoms with van der Waals surface area (Å²) in [6.07, 6.45) is 3.60. The van der Waals surface area contributed by atoms with Crippen LogP contribution in [0, 0.1) is 0 Å². The average molecular weight is 474 g/mol. The Hall–Kier alpha value is -3.30. The van der Waals surface area contributed by atoms with Gasteiger partial charge >= 0.3 is 5.69 Å². The van der Waals surface area contributed by atoms with Gasteiger partial charge in [-0.3, -0.25) is 14.6 Å². The molecule has 0 unspecified atom stereocenters. The second kappa shape index (κ2) is 7.39. The first-order valence-electron chi connectivity index (χ1n) is 9.91. The topological polar surface area (TPSA) is 132 Å². The number of carbonyl (C=O) groups is 1. The molecule has 0 saturated heterocycles. The van der Waals surface area contributed by atoms with Gasteiger partial charge in [-0.25, -0.2) is 4.79 Å². The van der Waals surface area contributed by atoms with Crippen molar-refractivity contribution in [3.05, 3.63) is 66.8 Å². The molecule has 1 aliphatic heterocycles. The number of nitrogens with zero attached hydrogens (tertiary/aromatic N) is 2. The molecule has 1 saturated carbocycles. The van der Waals surface area contributed by atoms with Crippen LogP contribution in [0.25, 0.3) is 5.69 Å². The Labute approximate surface area is 191 Å². The number of fused-ring (bicyclic) bond motifs is 2. The van der Waals surface area contributed by atoms with Crippen molar-refractivity contribution < 1.29 is 9.53 Å². The summed E-state index contributed by atoms with van der Waals surface area (Å²) >= 11 is 12.8. The number of halogens is 2. The number of benzene rings is 2. The van der Waals surface area contributed by atoms with Gasteiger partial charge in [0.15, 0.2) is 5.75 Å². The van der Waals surface area contributed by atoms with Gasteiger partial charge in [0.05, 0.1) is 21.1 Å². The first-order valence-corrected chi connectivity index (χ1v) is 10.7. The molecule has 1 spiro atoms. The number of hydrogen-bond acceptors (Lipinski definition) is 6. The summed E-state index contributed by atoms with van der Waals surface area (Å²) in [6.45, 7) is 0. The predicted molar refractivity (Wildman–Crippen MR) is 120 cm³/mol. The number of H-pyrrole nitrogens is 1. The lowest BCUT2D eigenvalue weighted by Crippen LogP contribution is -2.33. The second-order valence-electron chi connectivity index (χ2n) is 7.85. The van der Waals surface area contributed by atoms with Gasteiger partial charge < -0.3 is 15.8 Å². The van der Waals surface area contributed by atoms with Gasteiger partial charge in [0.25, 0.3) is 5.56 Å². The third-order valence-corrected chi connectivity index (χ3v) is 6.51. The SMILES string of the molecule is Nc1nn(-c2cc(Cl)c(Oc3ccc4c(c3)C3(CCCC3)C(=O)N4)c(Cl)c2)c(=O)[nH]c1=O. The fourth-order valence-corrected chi connectivity index (χ4v) is 4.96. The molecule has 1 aromatic heterocycles. The number of nitrogens with one attached hydrogen (secondary N) is 2. The lowest BCUT2D eigenvalue weighted by Gasteiger charge is -2.21. The molecule has 1 aliphatic carbocycles. The molecule has 3 aromatic rings. The van der Waals surface area contributed by atoms with E-state index in [1.165, 1.54) is 12.1 Å². The Balaban J connectivity index is 1.51. The number of nitrogens with two attached hydrogens (primary N) is 1. The van der Waals surface area contributed by atoms with Crippen molar-refractivity contribution in [3.8, 4) is 17.2 Å². The van der Waals surface area contributed by atoms with E-state index in [0.29, 0.717) is 5.75 Å². The van der Waals surface area contributed by atoms with E-state index >= 15 is 0 Å². The van der Waals surface area contributed by atoms with Crippen molar-refractivity contribution in [3.63, 3.8) is 0 Å². The van der Waals surface area contributed by atoms with Crippen molar-refractivity contribution in [1.29, 1.82) is 0 Å². The minimum atomic E-state index is -0.789. The summed E-state index contributed by atoms with van der Waals surface area (Å²) in [5.74, 6) is 0.312. The summed E-state index contributed by atoms with van der Waals surface area (Å²) < 4.78 is 6.86. The normalized spacial score (nSPS) is 16.2. The molecule has 0 radical (unpaired) electrons. The second-order valence-corrected chi connectivity index (χ2v) is 8.66. The van der Waals surface area contributed by atoms with Crippen LogP contribution in [-0.2, 0) is 10.2 Å². The van der Waals surface area contributed by atoms with Gasteiger partial charge in [-0.1, -0.05) is 36.0 Å². The summed E-state index contributed by atoms with van der Waals surface area (Å²) in [7, 11) is 0. The van der Waals surface area contributed by atoms with Crippen molar-refractivity contribution >= 4 is 40.6 Å². The Bertz CT molecular complexity index is 1370. The lowest BCUT2D eigenvalue weighted by molar-refractivity contribution is -0.120. The van der Waals surface area contributed by atoms with Gasteiger partial charge in [-0.05, 0) is 48.7 Å². The fraction of sp³-hybridized carbons (Fsp3) is 0.238. The highest BCUT2D eigenvalue weighted by Crippen LogP contribution is 2.50. The Morgan fingerprint density at radius 2 is 1.75 bits per heavy atom. The smallest absolute Gasteiger partial charge is 0.349 e. The fourth-order valence-electron chi connectivity index (χ4n) is 4.40. The molecular weight excluding hydrogens is 457 g/mol. The minimum absolute atomic E-state index is 0.0284. The highest BCUT2D eigenvalue weighted by Gasteiger charge is 2.48. The van der Waals surface area contributed by atoms with Crippen LogP contribution < -0.4 is 27.0 Å². The van der Waals surface area contributed by atoms with Crippen molar-refractivity contribution in [2.75, 3.05) is 11.1 Å². The predicted octanol–water partition coefficient (Wildman–Crippen LogP) is 3.37. The van der Waals surface area contributed by atoms with E-state index in [2.05, 4.69) is 15.4 Å². The molecule has 164 valence electrons. The van der Waals surface area contributed by atoms with Crippen molar-refractivity contribution in [2.24, 2.45) is 0 Å². The first kappa shape index (κ1) is 20.6. The zero-order chi connectivity index (χ0) is 22.6. The molecule has 9 nitrogen and oxygen atoms in total. The number of ether oxygens (including phenoxy) is 1. The van der Waals surface area contributed by atoms with E-state index < -0.39 is 16.7 Å². The Kier molecular flexibility index (Phi) is 4.75. The van der Waals surface area contributed by atoms with Crippen LogP contribution in [0.15, 0.2) is 39.9 Å². The van der Waals surface area contributed by atoms with Gasteiger partial charge in [0, 0.05) is 5.69 Å². The van der Waals surface area contributed by atoms with Gasteiger partial charge in [-0.15, -0.1) is 5.10 Å². The number of carbonyl (C=O) groups excluding carboxylic acids is 1. The number of amides is 1. The summed E-state index contributed by atoms with van der Waals surface area (Å²) in [5, 5.41) is 6.97. The zero-order valence-electron chi connectivity index (χ0n) is 16.6. The van der Waals surface area contributed by atoms with E-state index in [0.717, 1.165) is 41.6 Å². The third-order valence-electron chi connectivity index (χ3n) is 5.95. The van der Waals surface area contributed by atoms with Crippen LogP contribution in [0.3, 0.4) is 0 Å². The molecule has 1 amide bonds. The van der Waals surface area contributed by atoms with Crippen LogP contribution in [-0.4, -0.2) is 20.7 Å². The molecular formula is C21H17Cl2N5O4. The average Bonchev–Trinajstić information content (AvgIpc) is 3.34. The maximum Gasteiger partial charge on any atom is 0.349 e. The van der Waals surface area contributed by atoms with Crippen LogP contribution in [0.2, 0.25) is 10.0 Å².